The average molecular weight is 264 g/mol. The molecule has 0 heterocycles. The van der Waals surface area contributed by atoms with Gasteiger partial charge in [0.25, 0.3) is 0 Å². The fourth-order valence-electron chi connectivity index (χ4n) is 2.03. The Morgan fingerprint density at radius 3 is 1.63 bits per heavy atom. The molecule has 110 valence electrons. The SMILES string of the molecule is CC.COc1c(C)cc(C(C)(C)C)cc1C(C)(C)C. The molecule has 1 aromatic carbocycles. The van der Waals surface area contributed by atoms with Crippen molar-refractivity contribution in [3.05, 3.63) is 28.8 Å². The van der Waals surface area contributed by atoms with Crippen LogP contribution in [0.1, 0.15) is 72.1 Å². The van der Waals surface area contributed by atoms with Crippen LogP contribution in [0.4, 0.5) is 0 Å². The van der Waals surface area contributed by atoms with Gasteiger partial charge in [-0.25, -0.2) is 0 Å². The highest BCUT2D eigenvalue weighted by Crippen LogP contribution is 2.37. The Morgan fingerprint density at radius 2 is 1.32 bits per heavy atom. The molecule has 0 unspecified atom stereocenters. The maximum atomic E-state index is 5.57. The molecule has 0 N–H and O–H groups in total. The van der Waals surface area contributed by atoms with E-state index in [-0.39, 0.29) is 10.8 Å². The van der Waals surface area contributed by atoms with E-state index in [1.54, 1.807) is 7.11 Å². The third-order valence-corrected chi connectivity index (χ3v) is 3.15. The first-order valence-electron chi connectivity index (χ1n) is 7.27. The molecule has 0 radical (unpaired) electrons. The number of hydrogen-bond acceptors (Lipinski definition) is 1. The molecule has 1 aromatic rings. The second kappa shape index (κ2) is 6.45. The van der Waals surface area contributed by atoms with Crippen LogP contribution in [-0.4, -0.2) is 7.11 Å². The molecule has 0 saturated heterocycles. The second-order valence-electron chi connectivity index (χ2n) is 6.87. The molecular weight excluding hydrogens is 232 g/mol. The lowest BCUT2D eigenvalue weighted by Gasteiger charge is -2.28. The molecule has 1 nitrogen and oxygen atoms in total. The Morgan fingerprint density at radius 1 is 0.842 bits per heavy atom. The van der Waals surface area contributed by atoms with Crippen LogP contribution in [0.25, 0.3) is 0 Å². The summed E-state index contributed by atoms with van der Waals surface area (Å²) in [6.45, 7) is 19.6. The van der Waals surface area contributed by atoms with Crippen LogP contribution in [0.3, 0.4) is 0 Å². The molecule has 0 spiro atoms. The van der Waals surface area contributed by atoms with E-state index in [0.29, 0.717) is 0 Å². The summed E-state index contributed by atoms with van der Waals surface area (Å²) < 4.78 is 5.57. The largest absolute Gasteiger partial charge is 0.496 e. The van der Waals surface area contributed by atoms with E-state index < -0.39 is 0 Å². The maximum Gasteiger partial charge on any atom is 0.125 e. The van der Waals surface area contributed by atoms with Gasteiger partial charge in [-0.2, -0.15) is 0 Å². The summed E-state index contributed by atoms with van der Waals surface area (Å²) in [6.07, 6.45) is 0. The molecule has 0 fully saturated rings. The highest BCUT2D eigenvalue weighted by molar-refractivity contribution is 5.48. The number of benzene rings is 1. The van der Waals surface area contributed by atoms with E-state index in [1.165, 1.54) is 16.7 Å². The average Bonchev–Trinajstić information content (AvgIpc) is 2.28. The summed E-state index contributed by atoms with van der Waals surface area (Å²) in [5.41, 5.74) is 4.18. The van der Waals surface area contributed by atoms with Crippen molar-refractivity contribution in [2.45, 2.75) is 73.1 Å². The van der Waals surface area contributed by atoms with Gasteiger partial charge >= 0.3 is 0 Å². The van der Waals surface area contributed by atoms with Crippen molar-refractivity contribution < 1.29 is 4.74 Å². The Kier molecular flexibility index (Phi) is 6.12. The fourth-order valence-corrected chi connectivity index (χ4v) is 2.03. The molecule has 19 heavy (non-hydrogen) atoms. The van der Waals surface area contributed by atoms with E-state index in [9.17, 15) is 0 Å². The van der Waals surface area contributed by atoms with Crippen LogP contribution in [0.5, 0.6) is 5.75 Å². The molecule has 0 saturated carbocycles. The van der Waals surface area contributed by atoms with Crippen molar-refractivity contribution in [1.82, 2.24) is 0 Å². The first-order chi connectivity index (χ1) is 8.57. The molecule has 1 heteroatoms. The summed E-state index contributed by atoms with van der Waals surface area (Å²) in [4.78, 5) is 0. The summed E-state index contributed by atoms with van der Waals surface area (Å²) in [6, 6.07) is 4.54. The Hall–Kier alpha value is -0.980. The Labute approximate surface area is 120 Å². The minimum absolute atomic E-state index is 0.108. The first kappa shape index (κ1) is 18.0. The molecule has 0 aliphatic heterocycles. The number of hydrogen-bond donors (Lipinski definition) is 0. The van der Waals surface area contributed by atoms with Gasteiger partial charge < -0.3 is 4.74 Å². The minimum atomic E-state index is 0.108. The van der Waals surface area contributed by atoms with Gasteiger partial charge in [0, 0.05) is 5.56 Å². The van der Waals surface area contributed by atoms with Gasteiger partial charge in [0.1, 0.15) is 5.75 Å². The van der Waals surface area contributed by atoms with Gasteiger partial charge in [-0.1, -0.05) is 67.5 Å². The van der Waals surface area contributed by atoms with Crippen LogP contribution in [0, 0.1) is 6.92 Å². The smallest absolute Gasteiger partial charge is 0.125 e. The van der Waals surface area contributed by atoms with Crippen molar-refractivity contribution in [2.75, 3.05) is 7.11 Å². The molecule has 1 rings (SSSR count). The highest BCUT2D eigenvalue weighted by Gasteiger charge is 2.24. The molecule has 0 atom stereocenters. The summed E-state index contributed by atoms with van der Waals surface area (Å²) in [5.74, 6) is 1.03. The third-order valence-electron chi connectivity index (χ3n) is 3.15. The third kappa shape index (κ3) is 4.56. The van der Waals surface area contributed by atoms with Gasteiger partial charge in [-0.3, -0.25) is 0 Å². The van der Waals surface area contributed by atoms with Crippen LogP contribution in [0.15, 0.2) is 12.1 Å². The normalized spacial score (nSPS) is 11.7. The van der Waals surface area contributed by atoms with Crippen LogP contribution in [-0.2, 0) is 10.8 Å². The zero-order valence-corrected chi connectivity index (χ0v) is 14.6. The first-order valence-corrected chi connectivity index (χ1v) is 7.27. The van der Waals surface area contributed by atoms with Gasteiger partial charge in [-0.05, 0) is 28.9 Å². The quantitative estimate of drug-likeness (QED) is 0.639. The van der Waals surface area contributed by atoms with Crippen LogP contribution < -0.4 is 4.74 Å². The summed E-state index contributed by atoms with van der Waals surface area (Å²) in [5, 5.41) is 0. The number of methoxy groups -OCH3 is 1. The Bertz CT molecular complexity index is 403. The fraction of sp³-hybridized carbons (Fsp3) is 0.667. The molecule has 0 amide bonds. The molecule has 0 aliphatic carbocycles. The zero-order valence-electron chi connectivity index (χ0n) is 14.6. The topological polar surface area (TPSA) is 9.23 Å². The minimum Gasteiger partial charge on any atom is -0.496 e. The van der Waals surface area contributed by atoms with E-state index in [2.05, 4.69) is 60.6 Å². The predicted octanol–water partition coefficient (Wildman–Crippen LogP) is 5.62. The molecule has 0 aromatic heterocycles. The van der Waals surface area contributed by atoms with E-state index in [4.69, 9.17) is 4.74 Å². The van der Waals surface area contributed by atoms with Gasteiger partial charge in [0.05, 0.1) is 7.11 Å². The summed E-state index contributed by atoms with van der Waals surface area (Å²) >= 11 is 0. The number of aryl methyl sites for hydroxylation is 1. The zero-order chi connectivity index (χ0) is 15.4. The van der Waals surface area contributed by atoms with Crippen LogP contribution in [0.2, 0.25) is 0 Å². The van der Waals surface area contributed by atoms with Crippen molar-refractivity contribution in [3.63, 3.8) is 0 Å². The highest BCUT2D eigenvalue weighted by atomic mass is 16.5. The van der Waals surface area contributed by atoms with Gasteiger partial charge in [0.15, 0.2) is 0 Å². The molecular formula is C18H32O. The molecule has 0 aliphatic rings. The van der Waals surface area contributed by atoms with E-state index in [0.717, 1.165) is 5.75 Å². The van der Waals surface area contributed by atoms with E-state index in [1.807, 2.05) is 13.8 Å². The lowest BCUT2D eigenvalue weighted by atomic mass is 9.79. The number of rotatable bonds is 1. The van der Waals surface area contributed by atoms with Crippen molar-refractivity contribution in [2.24, 2.45) is 0 Å². The second-order valence-corrected chi connectivity index (χ2v) is 6.87. The van der Waals surface area contributed by atoms with Gasteiger partial charge in [0.2, 0.25) is 0 Å². The Balaban J connectivity index is 0.00000154. The van der Waals surface area contributed by atoms with Crippen LogP contribution >= 0.6 is 0 Å². The standard InChI is InChI=1S/C16H26O.C2H6/c1-11-9-12(15(2,3)4)10-13(14(11)17-8)16(5,6)7;1-2/h9-10H,1-8H3;1-2H3. The summed E-state index contributed by atoms with van der Waals surface area (Å²) in [7, 11) is 1.76. The van der Waals surface area contributed by atoms with Crippen molar-refractivity contribution >= 4 is 0 Å². The number of ether oxygens (including phenoxy) is 1. The molecule has 0 bridgehead atoms. The van der Waals surface area contributed by atoms with Crippen molar-refractivity contribution in [1.29, 1.82) is 0 Å². The monoisotopic (exact) mass is 264 g/mol. The van der Waals surface area contributed by atoms with Crippen molar-refractivity contribution in [3.8, 4) is 5.75 Å². The maximum absolute atomic E-state index is 5.57. The van der Waals surface area contributed by atoms with E-state index >= 15 is 0 Å². The predicted molar refractivity (Wildman–Crippen MR) is 86.5 cm³/mol. The lowest BCUT2D eigenvalue weighted by molar-refractivity contribution is 0.393. The lowest BCUT2D eigenvalue weighted by Crippen LogP contribution is -2.18. The van der Waals surface area contributed by atoms with Gasteiger partial charge in [-0.15, -0.1) is 0 Å².